The van der Waals surface area contributed by atoms with Gasteiger partial charge in [-0.3, -0.25) is 9.69 Å². The Bertz CT molecular complexity index is 1050. The molecule has 2 aliphatic rings. The summed E-state index contributed by atoms with van der Waals surface area (Å²) in [4.78, 5) is 31.5. The number of carbonyl (C=O) groups excluding carboxylic acids is 2. The van der Waals surface area contributed by atoms with E-state index in [1.165, 1.54) is 5.56 Å². The highest BCUT2D eigenvalue weighted by Gasteiger charge is 2.33. The summed E-state index contributed by atoms with van der Waals surface area (Å²) in [6.07, 6.45) is 0.00527. The number of rotatable bonds is 5. The van der Waals surface area contributed by atoms with E-state index >= 15 is 0 Å². The minimum absolute atomic E-state index is 0. The van der Waals surface area contributed by atoms with Crippen molar-refractivity contribution >= 4 is 30.1 Å². The van der Waals surface area contributed by atoms with E-state index in [2.05, 4.69) is 58.6 Å². The summed E-state index contributed by atoms with van der Waals surface area (Å²) < 4.78 is 5.34. The molecule has 8 heteroatoms. The van der Waals surface area contributed by atoms with Crippen LogP contribution in [0.2, 0.25) is 0 Å². The van der Waals surface area contributed by atoms with Crippen LogP contribution in [0.4, 0.5) is 10.5 Å². The zero-order valence-corrected chi connectivity index (χ0v) is 22.8. The maximum atomic E-state index is 12.4. The number of nitrogens with one attached hydrogen (secondary N) is 1. The second kappa shape index (κ2) is 12.1. The Balaban J connectivity index is 0.00000361. The molecule has 2 aliphatic heterocycles. The number of halogens is 1. The fourth-order valence-electron chi connectivity index (χ4n) is 5.12. The van der Waals surface area contributed by atoms with Gasteiger partial charge in [0.1, 0.15) is 0 Å². The molecule has 1 saturated heterocycles. The van der Waals surface area contributed by atoms with Crippen LogP contribution in [0.5, 0.6) is 0 Å². The lowest BCUT2D eigenvalue weighted by Gasteiger charge is -2.39. The normalized spacial score (nSPS) is 20.4. The maximum absolute atomic E-state index is 12.4. The van der Waals surface area contributed by atoms with Crippen LogP contribution >= 0.6 is 12.4 Å². The molecule has 0 aromatic heterocycles. The predicted octanol–water partition coefficient (Wildman–Crippen LogP) is 4.84. The van der Waals surface area contributed by atoms with E-state index in [-0.39, 0.29) is 36.5 Å². The van der Waals surface area contributed by atoms with E-state index in [0.717, 1.165) is 55.1 Å². The Kier molecular flexibility index (Phi) is 9.39. The minimum atomic E-state index is -0.432. The lowest BCUT2D eigenvalue weighted by molar-refractivity contribution is -0.117. The topological polar surface area (TPSA) is 65.1 Å². The van der Waals surface area contributed by atoms with E-state index in [1.54, 1.807) is 6.92 Å². The second-order valence-electron chi connectivity index (χ2n) is 10.2. The summed E-state index contributed by atoms with van der Waals surface area (Å²) in [5.74, 6) is 0.00275. The average Bonchev–Trinajstić information content (AvgIpc) is 2.80. The number of ether oxygens (including phenoxy) is 1. The van der Waals surface area contributed by atoms with Crippen LogP contribution < -0.4 is 10.2 Å². The van der Waals surface area contributed by atoms with Crippen molar-refractivity contribution in [1.82, 2.24) is 15.1 Å². The van der Waals surface area contributed by atoms with Gasteiger partial charge in [0.05, 0.1) is 12.1 Å². The molecular weight excluding hydrogens is 476 g/mol. The number of nitrogens with zero attached hydrogens (tertiary/aromatic N) is 3. The molecule has 2 amide bonds. The summed E-state index contributed by atoms with van der Waals surface area (Å²) in [7, 11) is 2.17. The van der Waals surface area contributed by atoms with Gasteiger partial charge in [-0.2, -0.15) is 0 Å². The van der Waals surface area contributed by atoms with E-state index in [9.17, 15) is 9.59 Å². The molecule has 0 aliphatic carbocycles. The van der Waals surface area contributed by atoms with E-state index in [0.29, 0.717) is 6.42 Å². The number of alkyl carbamates (subject to hydrolysis) is 1. The van der Waals surface area contributed by atoms with E-state index < -0.39 is 6.09 Å². The van der Waals surface area contributed by atoms with Crippen LogP contribution in [-0.2, 0) is 16.1 Å². The molecule has 2 heterocycles. The Morgan fingerprint density at radius 2 is 1.67 bits per heavy atom. The van der Waals surface area contributed by atoms with Crippen molar-refractivity contribution in [3.63, 3.8) is 0 Å². The summed E-state index contributed by atoms with van der Waals surface area (Å²) in [6.45, 7) is 12.7. The number of carbonyl (C=O) groups is 2. The van der Waals surface area contributed by atoms with Crippen LogP contribution in [0.15, 0.2) is 42.5 Å². The molecule has 0 bridgehead atoms. The van der Waals surface area contributed by atoms with Crippen LogP contribution in [0.25, 0.3) is 11.1 Å². The molecule has 4 rings (SSSR count). The second-order valence-corrected chi connectivity index (χ2v) is 10.2. The van der Waals surface area contributed by atoms with Crippen LogP contribution in [-0.4, -0.2) is 67.2 Å². The zero-order valence-electron chi connectivity index (χ0n) is 22.0. The number of benzene rings is 2. The largest absolute Gasteiger partial charge is 0.447 e. The minimum Gasteiger partial charge on any atom is -0.447 e. The average molecular weight is 515 g/mol. The van der Waals surface area contributed by atoms with Gasteiger partial charge in [-0.15, -0.1) is 12.4 Å². The van der Waals surface area contributed by atoms with Crippen molar-refractivity contribution in [2.45, 2.75) is 58.8 Å². The molecule has 2 aromatic carbocycles. The van der Waals surface area contributed by atoms with Gasteiger partial charge in [0.25, 0.3) is 0 Å². The molecule has 0 radical (unpaired) electrons. The molecule has 196 valence electrons. The van der Waals surface area contributed by atoms with Gasteiger partial charge >= 0.3 is 6.09 Å². The van der Waals surface area contributed by atoms with E-state index in [4.69, 9.17) is 4.74 Å². The van der Waals surface area contributed by atoms with Crippen molar-refractivity contribution in [2.75, 3.05) is 38.1 Å². The Morgan fingerprint density at radius 1 is 1.03 bits per heavy atom. The molecule has 0 unspecified atom stereocenters. The highest BCUT2D eigenvalue weighted by Crippen LogP contribution is 2.39. The first kappa shape index (κ1) is 28.0. The summed E-state index contributed by atoms with van der Waals surface area (Å²) in [6, 6.07) is 14.6. The monoisotopic (exact) mass is 514 g/mol. The van der Waals surface area contributed by atoms with Crippen LogP contribution in [0.1, 0.15) is 51.3 Å². The van der Waals surface area contributed by atoms with Crippen molar-refractivity contribution in [2.24, 2.45) is 0 Å². The quantitative estimate of drug-likeness (QED) is 0.618. The van der Waals surface area contributed by atoms with Crippen molar-refractivity contribution in [3.8, 4) is 11.1 Å². The number of hydrogen-bond acceptors (Lipinski definition) is 5. The summed E-state index contributed by atoms with van der Waals surface area (Å²) in [5.41, 5.74) is 5.28. The lowest BCUT2D eigenvalue weighted by atomic mass is 9.89. The Morgan fingerprint density at radius 3 is 2.28 bits per heavy atom. The zero-order chi connectivity index (χ0) is 25.1. The molecule has 1 N–H and O–H groups in total. The summed E-state index contributed by atoms with van der Waals surface area (Å²) >= 11 is 0. The fraction of sp³-hybridized carbons (Fsp3) is 0.500. The van der Waals surface area contributed by atoms with Gasteiger partial charge in [-0.25, -0.2) is 4.79 Å². The maximum Gasteiger partial charge on any atom is 0.407 e. The van der Waals surface area contributed by atoms with Crippen LogP contribution in [0.3, 0.4) is 0 Å². The smallest absolute Gasteiger partial charge is 0.407 e. The molecule has 7 nitrogen and oxygen atoms in total. The number of amides is 2. The number of hydrogen-bond donors (Lipinski definition) is 1. The molecular formula is C28H39ClN4O3. The third-order valence-electron chi connectivity index (χ3n) is 6.94. The first-order chi connectivity index (χ1) is 16.7. The van der Waals surface area contributed by atoms with Crippen molar-refractivity contribution < 1.29 is 14.3 Å². The lowest BCUT2D eigenvalue weighted by Crippen LogP contribution is -2.45. The number of likely N-dealkylation sites (N-methyl/N-ethyl adjacent to an activating group) is 1. The van der Waals surface area contributed by atoms with Gasteiger partial charge in [0, 0.05) is 51.4 Å². The fourth-order valence-corrected chi connectivity index (χ4v) is 5.12. The van der Waals surface area contributed by atoms with Gasteiger partial charge in [-0.1, -0.05) is 30.3 Å². The predicted molar refractivity (Wildman–Crippen MR) is 147 cm³/mol. The standard InChI is InChI=1S/C28H38N4O3.ClH/c1-19(2)35-28(34)29-26-16-20(3)32(21(4)33)27-11-10-24(17-25(26)27)23-8-6-22(7-9-23)18-31-14-12-30(5)13-15-31;/h6-11,17,19-20,26H,12-16,18H2,1-5H3,(H,29,34);1H/t20-,26+;/m0./s1. The van der Waals surface area contributed by atoms with Crippen LogP contribution in [0, 0.1) is 0 Å². The summed E-state index contributed by atoms with van der Waals surface area (Å²) in [5, 5.41) is 3.02. The first-order valence-electron chi connectivity index (χ1n) is 12.6. The molecule has 1 fully saturated rings. The van der Waals surface area contributed by atoms with Crippen molar-refractivity contribution in [3.05, 3.63) is 53.6 Å². The molecule has 36 heavy (non-hydrogen) atoms. The first-order valence-corrected chi connectivity index (χ1v) is 12.6. The number of piperazine rings is 1. The van der Waals surface area contributed by atoms with Crippen molar-refractivity contribution in [1.29, 1.82) is 0 Å². The van der Waals surface area contributed by atoms with Gasteiger partial charge in [-0.05, 0) is 68.6 Å². The molecule has 0 saturated carbocycles. The third kappa shape index (κ3) is 6.58. The Hall–Kier alpha value is -2.61. The molecule has 0 spiro atoms. The van der Waals surface area contributed by atoms with Gasteiger partial charge in [0.2, 0.25) is 5.91 Å². The highest BCUT2D eigenvalue weighted by atomic mass is 35.5. The molecule has 2 aromatic rings. The van der Waals surface area contributed by atoms with Gasteiger partial charge in [0.15, 0.2) is 0 Å². The number of anilines is 1. The van der Waals surface area contributed by atoms with Gasteiger partial charge < -0.3 is 19.9 Å². The van der Waals surface area contributed by atoms with E-state index in [1.807, 2.05) is 31.7 Å². The Labute approximate surface area is 221 Å². The third-order valence-corrected chi connectivity index (χ3v) is 6.94. The SMILES string of the molecule is CC(=O)N1c2ccc(-c3ccc(CN4CCN(C)CC4)cc3)cc2[C@H](NC(=O)OC(C)C)C[C@@H]1C.Cl. The number of fused-ring (bicyclic) bond motifs is 1. The molecule has 2 atom stereocenters. The highest BCUT2D eigenvalue weighted by molar-refractivity contribution is 5.94.